The third kappa shape index (κ3) is 4.32. The van der Waals surface area contributed by atoms with Gasteiger partial charge in [0.15, 0.2) is 11.6 Å². The Kier molecular flexibility index (Phi) is 5.90. The molecule has 172 valence electrons. The predicted octanol–water partition coefficient (Wildman–Crippen LogP) is 6.03. The first-order chi connectivity index (χ1) is 17.0. The average molecular weight is 461 g/mol. The lowest BCUT2D eigenvalue weighted by atomic mass is 9.82. The van der Waals surface area contributed by atoms with Crippen LogP contribution in [0.4, 0.5) is 11.4 Å². The zero-order valence-corrected chi connectivity index (χ0v) is 19.0. The maximum Gasteiger partial charge on any atom is 0.196 e. The third-order valence-electron chi connectivity index (χ3n) is 6.19. The van der Waals surface area contributed by atoms with E-state index in [0.29, 0.717) is 46.7 Å². The zero-order valence-electron chi connectivity index (χ0n) is 19.0. The van der Waals surface area contributed by atoms with Crippen LogP contribution < -0.4 is 10.6 Å². The van der Waals surface area contributed by atoms with E-state index in [0.717, 1.165) is 16.7 Å². The van der Waals surface area contributed by atoms with Crippen LogP contribution >= 0.6 is 0 Å². The topological polar surface area (TPSA) is 78.4 Å². The standard InChI is InChI=1S/C30H24N2O3/c1-2-19-7-9-20(10-8-19)17-31-25-15-16-26(32-18-21-11-13-22(33)14-12-21)28-27(25)29(34)23-5-3-4-6-24(23)30(28)35/h2-16,31-33H,1,17-18H2. The maximum atomic E-state index is 13.6. The number of carbonyl (C=O) groups is 2. The van der Waals surface area contributed by atoms with Crippen molar-refractivity contribution in [2.24, 2.45) is 0 Å². The molecule has 5 rings (SSSR count). The van der Waals surface area contributed by atoms with Crippen molar-refractivity contribution in [3.8, 4) is 5.75 Å². The van der Waals surface area contributed by atoms with Crippen molar-refractivity contribution < 1.29 is 14.7 Å². The SMILES string of the molecule is C=Cc1ccc(CNc2ccc(NCc3ccc(O)cc3)c3c2C(=O)c2ccccc2C3=O)cc1. The van der Waals surface area contributed by atoms with Gasteiger partial charge in [0.2, 0.25) is 0 Å². The van der Waals surface area contributed by atoms with Crippen LogP contribution in [0, 0.1) is 0 Å². The first kappa shape index (κ1) is 22.2. The number of rotatable bonds is 7. The van der Waals surface area contributed by atoms with Gasteiger partial charge in [-0.1, -0.05) is 73.3 Å². The lowest BCUT2D eigenvalue weighted by molar-refractivity contribution is 0.0980. The van der Waals surface area contributed by atoms with Gasteiger partial charge in [-0.3, -0.25) is 9.59 Å². The van der Waals surface area contributed by atoms with Crippen LogP contribution in [0.1, 0.15) is 48.5 Å². The number of hydrogen-bond donors (Lipinski definition) is 3. The van der Waals surface area contributed by atoms with Crippen LogP contribution in [0.5, 0.6) is 5.75 Å². The second-order valence-corrected chi connectivity index (χ2v) is 8.43. The molecule has 3 N–H and O–H groups in total. The molecule has 4 aromatic carbocycles. The summed E-state index contributed by atoms with van der Waals surface area (Å²) >= 11 is 0. The Morgan fingerprint density at radius 3 is 1.57 bits per heavy atom. The molecule has 0 bridgehead atoms. The van der Waals surface area contributed by atoms with Gasteiger partial charge in [0.25, 0.3) is 0 Å². The van der Waals surface area contributed by atoms with E-state index in [1.807, 2.05) is 48.5 Å². The summed E-state index contributed by atoms with van der Waals surface area (Å²) in [6.07, 6.45) is 1.79. The highest BCUT2D eigenvalue weighted by Crippen LogP contribution is 2.37. The molecule has 1 aliphatic rings. The Balaban J connectivity index is 1.50. The number of carbonyl (C=O) groups excluding carboxylic acids is 2. The molecule has 4 aromatic rings. The molecule has 5 heteroatoms. The number of nitrogens with one attached hydrogen (secondary N) is 2. The molecule has 0 spiro atoms. The van der Waals surface area contributed by atoms with E-state index >= 15 is 0 Å². The zero-order chi connectivity index (χ0) is 24.4. The lowest BCUT2D eigenvalue weighted by Crippen LogP contribution is -2.24. The van der Waals surface area contributed by atoms with E-state index in [4.69, 9.17) is 0 Å². The molecule has 1 aliphatic carbocycles. The van der Waals surface area contributed by atoms with E-state index in [-0.39, 0.29) is 17.3 Å². The van der Waals surface area contributed by atoms with Crippen LogP contribution in [-0.4, -0.2) is 16.7 Å². The Bertz CT molecular complexity index is 1440. The Morgan fingerprint density at radius 2 is 1.11 bits per heavy atom. The minimum Gasteiger partial charge on any atom is -0.508 e. The molecular formula is C30H24N2O3. The molecular weight excluding hydrogens is 436 g/mol. The Labute approximate surface area is 203 Å². The predicted molar refractivity (Wildman–Crippen MR) is 139 cm³/mol. The Morgan fingerprint density at radius 1 is 0.657 bits per heavy atom. The van der Waals surface area contributed by atoms with Gasteiger partial charge in [0.1, 0.15) is 5.75 Å². The number of benzene rings is 4. The Hall–Kier alpha value is -4.64. The summed E-state index contributed by atoms with van der Waals surface area (Å²) in [4.78, 5) is 27.1. The summed E-state index contributed by atoms with van der Waals surface area (Å²) in [5.74, 6) is -0.159. The van der Waals surface area contributed by atoms with Gasteiger partial charge in [-0.2, -0.15) is 0 Å². The number of phenols is 1. The van der Waals surface area contributed by atoms with E-state index in [2.05, 4.69) is 17.2 Å². The smallest absolute Gasteiger partial charge is 0.196 e. The molecule has 0 saturated carbocycles. The van der Waals surface area contributed by atoms with Gasteiger partial charge in [-0.25, -0.2) is 0 Å². The number of phenolic OH excluding ortho intramolecular Hbond substituents is 1. The average Bonchev–Trinajstić information content (AvgIpc) is 2.90. The highest BCUT2D eigenvalue weighted by Gasteiger charge is 2.33. The molecule has 0 saturated heterocycles. The largest absolute Gasteiger partial charge is 0.508 e. The van der Waals surface area contributed by atoms with Crippen molar-refractivity contribution in [2.45, 2.75) is 13.1 Å². The number of fused-ring (bicyclic) bond motifs is 2. The maximum absolute atomic E-state index is 13.6. The number of ketones is 2. The number of hydrogen-bond acceptors (Lipinski definition) is 5. The van der Waals surface area contributed by atoms with Gasteiger partial charge in [-0.15, -0.1) is 0 Å². The molecule has 35 heavy (non-hydrogen) atoms. The van der Waals surface area contributed by atoms with Crippen LogP contribution in [0.15, 0.2) is 91.5 Å². The normalized spacial score (nSPS) is 12.0. The lowest BCUT2D eigenvalue weighted by Gasteiger charge is -2.24. The van der Waals surface area contributed by atoms with E-state index in [1.54, 1.807) is 42.5 Å². The van der Waals surface area contributed by atoms with Crippen molar-refractivity contribution in [3.05, 3.63) is 130 Å². The third-order valence-corrected chi connectivity index (χ3v) is 6.19. The quantitative estimate of drug-likeness (QED) is 0.276. The summed E-state index contributed by atoms with van der Waals surface area (Å²) in [5, 5.41) is 16.2. The molecule has 0 fully saturated rings. The first-order valence-corrected chi connectivity index (χ1v) is 11.4. The van der Waals surface area contributed by atoms with Crippen molar-refractivity contribution in [3.63, 3.8) is 0 Å². The molecule has 0 heterocycles. The molecule has 0 amide bonds. The van der Waals surface area contributed by atoms with Crippen LogP contribution in [-0.2, 0) is 13.1 Å². The van der Waals surface area contributed by atoms with Crippen LogP contribution in [0.3, 0.4) is 0 Å². The summed E-state index contributed by atoms with van der Waals surface area (Å²) in [5.41, 5.74) is 5.83. The second kappa shape index (κ2) is 9.31. The van der Waals surface area contributed by atoms with Crippen molar-refractivity contribution in [2.75, 3.05) is 10.6 Å². The highest BCUT2D eigenvalue weighted by molar-refractivity contribution is 6.31. The highest BCUT2D eigenvalue weighted by atomic mass is 16.3. The molecule has 0 aliphatic heterocycles. The minimum absolute atomic E-state index is 0.173. The van der Waals surface area contributed by atoms with Gasteiger partial charge in [0, 0.05) is 35.6 Å². The molecule has 5 nitrogen and oxygen atoms in total. The fourth-order valence-corrected chi connectivity index (χ4v) is 4.30. The molecule has 0 radical (unpaired) electrons. The van der Waals surface area contributed by atoms with E-state index in [1.165, 1.54) is 0 Å². The molecule has 0 aromatic heterocycles. The molecule has 0 atom stereocenters. The summed E-state index contributed by atoms with van der Waals surface area (Å²) in [6, 6.07) is 25.5. The van der Waals surface area contributed by atoms with Crippen LogP contribution in [0.25, 0.3) is 6.08 Å². The van der Waals surface area contributed by atoms with E-state index < -0.39 is 0 Å². The minimum atomic E-state index is -0.178. The first-order valence-electron chi connectivity index (χ1n) is 11.4. The molecule has 0 unspecified atom stereocenters. The fraction of sp³-hybridized carbons (Fsp3) is 0.0667. The summed E-state index contributed by atoms with van der Waals surface area (Å²) in [6.45, 7) is 4.73. The summed E-state index contributed by atoms with van der Waals surface area (Å²) in [7, 11) is 0. The fourth-order valence-electron chi connectivity index (χ4n) is 4.30. The van der Waals surface area contributed by atoms with Gasteiger partial charge in [0.05, 0.1) is 11.1 Å². The van der Waals surface area contributed by atoms with Crippen molar-refractivity contribution >= 4 is 29.0 Å². The van der Waals surface area contributed by atoms with E-state index in [9.17, 15) is 14.7 Å². The number of anilines is 2. The van der Waals surface area contributed by atoms with Gasteiger partial charge >= 0.3 is 0 Å². The van der Waals surface area contributed by atoms with Gasteiger partial charge < -0.3 is 15.7 Å². The second-order valence-electron chi connectivity index (χ2n) is 8.43. The van der Waals surface area contributed by atoms with Crippen LogP contribution in [0.2, 0.25) is 0 Å². The number of aromatic hydroxyl groups is 1. The monoisotopic (exact) mass is 460 g/mol. The van der Waals surface area contributed by atoms with Gasteiger partial charge in [-0.05, 0) is 41.0 Å². The summed E-state index contributed by atoms with van der Waals surface area (Å²) < 4.78 is 0. The van der Waals surface area contributed by atoms with Crippen molar-refractivity contribution in [1.29, 1.82) is 0 Å². The van der Waals surface area contributed by atoms with Crippen molar-refractivity contribution in [1.82, 2.24) is 0 Å².